The Morgan fingerprint density at radius 3 is 2.28 bits per heavy atom. The van der Waals surface area contributed by atoms with E-state index in [0.29, 0.717) is 22.3 Å². The number of carbonyl (C=O) groups is 1. The normalized spacial score (nSPS) is 14.7. The molecule has 0 spiro atoms. The van der Waals surface area contributed by atoms with Crippen LogP contribution >= 0.6 is 15.9 Å². The molecule has 5 nitrogen and oxygen atoms in total. The Morgan fingerprint density at radius 1 is 0.938 bits per heavy atom. The van der Waals surface area contributed by atoms with E-state index in [0.717, 1.165) is 40.4 Å². The summed E-state index contributed by atoms with van der Waals surface area (Å²) >= 11 is 3.50. The Bertz CT molecular complexity index is 1370. The second-order valence-corrected chi connectivity index (χ2v) is 8.92. The first-order chi connectivity index (χ1) is 15.5. The van der Waals surface area contributed by atoms with Gasteiger partial charge in [0.1, 0.15) is 5.76 Å². The van der Waals surface area contributed by atoms with Crippen LogP contribution in [0.4, 0.5) is 4.79 Å². The summed E-state index contributed by atoms with van der Waals surface area (Å²) < 4.78 is 7.01. The molecule has 32 heavy (non-hydrogen) atoms. The smallest absolute Gasteiger partial charge is 0.405 e. The number of benzene rings is 3. The Morgan fingerprint density at radius 2 is 1.66 bits per heavy atom. The Labute approximate surface area is 192 Å². The van der Waals surface area contributed by atoms with Gasteiger partial charge in [-0.2, -0.15) is 0 Å². The molecule has 0 bridgehead atoms. The average Bonchev–Trinajstić information content (AvgIpc) is 2.77. The van der Waals surface area contributed by atoms with Crippen LogP contribution in [0.15, 0.2) is 86.5 Å². The molecule has 0 atom stereocenters. The summed E-state index contributed by atoms with van der Waals surface area (Å²) in [6.07, 6.45) is 1.48. The van der Waals surface area contributed by atoms with Gasteiger partial charge in [0.15, 0.2) is 5.58 Å². The molecule has 5 rings (SSSR count). The molecule has 1 saturated carbocycles. The van der Waals surface area contributed by atoms with Crippen LogP contribution in [0.25, 0.3) is 33.4 Å². The van der Waals surface area contributed by atoms with Crippen molar-refractivity contribution < 1.29 is 14.3 Å². The van der Waals surface area contributed by atoms with E-state index < -0.39 is 11.6 Å². The van der Waals surface area contributed by atoms with Crippen LogP contribution in [-0.4, -0.2) is 11.2 Å². The van der Waals surface area contributed by atoms with E-state index in [1.165, 1.54) is 0 Å². The van der Waals surface area contributed by atoms with Crippen LogP contribution in [0.1, 0.15) is 24.8 Å². The molecular weight excluding hydrogens is 470 g/mol. The van der Waals surface area contributed by atoms with Gasteiger partial charge in [-0.15, -0.1) is 0 Å². The average molecular weight is 490 g/mol. The Balaban J connectivity index is 1.69. The van der Waals surface area contributed by atoms with Crippen LogP contribution in [0.3, 0.4) is 0 Å². The highest BCUT2D eigenvalue weighted by Gasteiger charge is 2.40. The third kappa shape index (κ3) is 3.41. The van der Waals surface area contributed by atoms with Gasteiger partial charge in [-0.1, -0.05) is 60.7 Å². The van der Waals surface area contributed by atoms with Crippen molar-refractivity contribution in [2.24, 2.45) is 0 Å². The van der Waals surface area contributed by atoms with Crippen molar-refractivity contribution in [3.63, 3.8) is 0 Å². The van der Waals surface area contributed by atoms with Crippen LogP contribution in [-0.2, 0) is 5.54 Å². The number of carboxylic acid groups (broad SMARTS) is 1. The molecule has 1 amide bonds. The van der Waals surface area contributed by atoms with Gasteiger partial charge in [0.25, 0.3) is 0 Å². The lowest BCUT2D eigenvalue weighted by Gasteiger charge is -2.42. The number of para-hydroxylation sites is 1. The number of halogens is 1. The second kappa shape index (κ2) is 7.95. The van der Waals surface area contributed by atoms with Gasteiger partial charge in [0.05, 0.1) is 21.0 Å². The number of hydrogen-bond acceptors (Lipinski definition) is 3. The number of nitrogens with one attached hydrogen (secondary N) is 1. The predicted molar refractivity (Wildman–Crippen MR) is 128 cm³/mol. The minimum Gasteiger partial charge on any atom is -0.465 e. The van der Waals surface area contributed by atoms with Gasteiger partial charge in [0.2, 0.25) is 5.43 Å². The molecule has 1 aromatic heterocycles. The number of hydrogen-bond donors (Lipinski definition) is 2. The molecule has 1 heterocycles. The maximum Gasteiger partial charge on any atom is 0.405 e. The van der Waals surface area contributed by atoms with E-state index in [9.17, 15) is 14.7 Å². The second-order valence-electron chi connectivity index (χ2n) is 8.06. The summed E-state index contributed by atoms with van der Waals surface area (Å²) in [6.45, 7) is 0. The number of fused-ring (bicyclic) bond motifs is 1. The highest BCUT2D eigenvalue weighted by atomic mass is 79.9. The molecule has 0 saturated heterocycles. The topological polar surface area (TPSA) is 79.5 Å². The quantitative estimate of drug-likeness (QED) is 0.341. The summed E-state index contributed by atoms with van der Waals surface area (Å²) in [5.74, 6) is 0.504. The molecule has 0 unspecified atom stereocenters. The minimum absolute atomic E-state index is 0.110. The summed E-state index contributed by atoms with van der Waals surface area (Å²) in [7, 11) is 0. The van der Waals surface area contributed by atoms with E-state index in [1.54, 1.807) is 6.07 Å². The molecule has 4 aromatic rings. The molecule has 1 aliphatic rings. The zero-order valence-electron chi connectivity index (χ0n) is 17.1. The lowest BCUT2D eigenvalue weighted by molar-refractivity contribution is 0.144. The van der Waals surface area contributed by atoms with Gasteiger partial charge in [-0.25, -0.2) is 4.79 Å². The fourth-order valence-electron chi connectivity index (χ4n) is 4.41. The Kier molecular flexibility index (Phi) is 5.10. The zero-order valence-corrected chi connectivity index (χ0v) is 18.7. The SMILES string of the molecule is O=C(O)NC1(c2ccc(-c3c(-c4ccccc4)oc4c(Br)cccc4c3=O)cc2)CCC1. The first-order valence-corrected chi connectivity index (χ1v) is 11.2. The summed E-state index contributed by atoms with van der Waals surface area (Å²) in [6, 6.07) is 22.6. The highest BCUT2D eigenvalue weighted by molar-refractivity contribution is 9.10. The molecule has 2 N–H and O–H groups in total. The van der Waals surface area contributed by atoms with Crippen molar-refractivity contribution in [3.05, 3.63) is 93.1 Å². The fraction of sp³-hybridized carbons (Fsp3) is 0.154. The first kappa shape index (κ1) is 20.5. The maximum atomic E-state index is 13.6. The number of amides is 1. The van der Waals surface area contributed by atoms with Crippen LogP contribution < -0.4 is 10.7 Å². The standard InChI is InChI=1S/C26H20BrNO4/c27-20-9-4-8-19-22(29)21(23(32-24(19)20)17-6-2-1-3-7-17)16-10-12-18(13-11-16)26(14-5-15-26)28-25(30)31/h1-4,6-13,28H,5,14-15H2,(H,30,31). The van der Waals surface area contributed by atoms with Gasteiger partial charge in [-0.05, 0) is 58.5 Å². The van der Waals surface area contributed by atoms with Gasteiger partial charge >= 0.3 is 6.09 Å². The van der Waals surface area contributed by atoms with Crippen molar-refractivity contribution in [2.75, 3.05) is 0 Å². The molecule has 3 aromatic carbocycles. The monoisotopic (exact) mass is 489 g/mol. The third-order valence-corrected chi connectivity index (χ3v) is 6.81. The summed E-state index contributed by atoms with van der Waals surface area (Å²) in [5.41, 5.74) is 2.78. The van der Waals surface area contributed by atoms with E-state index in [2.05, 4.69) is 21.2 Å². The largest absolute Gasteiger partial charge is 0.465 e. The Hall–Kier alpha value is -3.38. The van der Waals surface area contributed by atoms with E-state index >= 15 is 0 Å². The van der Waals surface area contributed by atoms with E-state index in [4.69, 9.17) is 4.42 Å². The third-order valence-electron chi connectivity index (χ3n) is 6.19. The lowest BCUT2D eigenvalue weighted by atomic mass is 9.71. The van der Waals surface area contributed by atoms with Crippen molar-refractivity contribution in [2.45, 2.75) is 24.8 Å². The van der Waals surface area contributed by atoms with Gasteiger partial charge < -0.3 is 14.8 Å². The fourth-order valence-corrected chi connectivity index (χ4v) is 4.86. The van der Waals surface area contributed by atoms with Crippen LogP contribution in [0.2, 0.25) is 0 Å². The summed E-state index contributed by atoms with van der Waals surface area (Å²) in [4.78, 5) is 24.9. The maximum absolute atomic E-state index is 13.6. The predicted octanol–water partition coefficient (Wildman–Crippen LogP) is 6.54. The van der Waals surface area contributed by atoms with Crippen molar-refractivity contribution in [1.82, 2.24) is 5.32 Å². The van der Waals surface area contributed by atoms with Crippen molar-refractivity contribution >= 4 is 33.0 Å². The molecule has 1 fully saturated rings. The van der Waals surface area contributed by atoms with Crippen molar-refractivity contribution in [1.29, 1.82) is 0 Å². The van der Waals surface area contributed by atoms with Gasteiger partial charge in [-0.3, -0.25) is 4.79 Å². The summed E-state index contributed by atoms with van der Waals surface area (Å²) in [5, 5.41) is 12.4. The van der Waals surface area contributed by atoms with Crippen molar-refractivity contribution in [3.8, 4) is 22.5 Å². The molecular formula is C26H20BrNO4. The molecule has 0 aliphatic heterocycles. The molecule has 0 radical (unpaired) electrons. The highest BCUT2D eigenvalue weighted by Crippen LogP contribution is 2.42. The lowest BCUT2D eigenvalue weighted by Crippen LogP contribution is -2.50. The zero-order chi connectivity index (χ0) is 22.3. The number of rotatable bonds is 4. The molecule has 1 aliphatic carbocycles. The van der Waals surface area contributed by atoms with Crippen LogP contribution in [0.5, 0.6) is 0 Å². The van der Waals surface area contributed by atoms with E-state index in [1.807, 2.05) is 66.7 Å². The minimum atomic E-state index is -1.03. The molecule has 6 heteroatoms. The molecule has 160 valence electrons. The van der Waals surface area contributed by atoms with Gasteiger partial charge in [0, 0.05) is 5.56 Å². The van der Waals surface area contributed by atoms with E-state index in [-0.39, 0.29) is 5.43 Å². The first-order valence-electron chi connectivity index (χ1n) is 10.4. The van der Waals surface area contributed by atoms with Crippen LogP contribution in [0, 0.1) is 0 Å².